The van der Waals surface area contributed by atoms with Gasteiger partial charge >= 0.3 is 0 Å². The van der Waals surface area contributed by atoms with E-state index in [2.05, 4.69) is 27.8 Å². The van der Waals surface area contributed by atoms with E-state index >= 15 is 0 Å². The van der Waals surface area contributed by atoms with Crippen molar-refractivity contribution in [3.8, 4) is 0 Å². The topological polar surface area (TPSA) is 76.1 Å². The molecule has 0 aromatic carbocycles. The number of amides is 1. The third kappa shape index (κ3) is 4.14. The Balaban J connectivity index is 1.89. The molecular weight excluding hydrogens is 276 g/mol. The monoisotopic (exact) mass is 298 g/mol. The molecule has 112 valence electrons. The Morgan fingerprint density at radius 3 is 3.00 bits per heavy atom. The summed E-state index contributed by atoms with van der Waals surface area (Å²) in [5, 5.41) is 15.2. The standard InChI is InChI=1S/C13H22N4O2S/c1-4-6-14-12-17-16-11(20-12)10(18)15-9-5-7-19-13(2,3)8-9/h9H,4-8H2,1-3H3,(H,14,17)(H,15,18). The Labute approximate surface area is 123 Å². The number of nitrogens with one attached hydrogen (secondary N) is 2. The lowest BCUT2D eigenvalue weighted by Gasteiger charge is -2.35. The Morgan fingerprint density at radius 1 is 1.50 bits per heavy atom. The normalized spacial score (nSPS) is 21.4. The minimum atomic E-state index is -0.175. The number of nitrogens with zero attached hydrogens (tertiary/aromatic N) is 2. The summed E-state index contributed by atoms with van der Waals surface area (Å²) in [6.45, 7) is 7.68. The first-order valence-electron chi connectivity index (χ1n) is 7.02. The largest absolute Gasteiger partial charge is 0.375 e. The highest BCUT2D eigenvalue weighted by Crippen LogP contribution is 2.24. The van der Waals surface area contributed by atoms with Crippen LogP contribution in [0.25, 0.3) is 0 Å². The van der Waals surface area contributed by atoms with Gasteiger partial charge in [0, 0.05) is 19.2 Å². The van der Waals surface area contributed by atoms with E-state index in [4.69, 9.17) is 4.74 Å². The van der Waals surface area contributed by atoms with E-state index in [1.807, 2.05) is 13.8 Å². The van der Waals surface area contributed by atoms with Crippen LogP contribution >= 0.6 is 11.3 Å². The molecule has 1 aliphatic heterocycles. The van der Waals surface area contributed by atoms with E-state index in [-0.39, 0.29) is 17.6 Å². The van der Waals surface area contributed by atoms with Crippen molar-refractivity contribution in [2.75, 3.05) is 18.5 Å². The van der Waals surface area contributed by atoms with Crippen molar-refractivity contribution in [2.45, 2.75) is 51.7 Å². The molecule has 0 bridgehead atoms. The molecular formula is C13H22N4O2S. The van der Waals surface area contributed by atoms with Crippen LogP contribution in [-0.4, -0.2) is 40.9 Å². The molecule has 1 fully saturated rings. The lowest BCUT2D eigenvalue weighted by Crippen LogP contribution is -2.45. The predicted molar refractivity (Wildman–Crippen MR) is 79.2 cm³/mol. The van der Waals surface area contributed by atoms with Gasteiger partial charge in [-0.2, -0.15) is 0 Å². The molecule has 1 aromatic heterocycles. The van der Waals surface area contributed by atoms with Crippen molar-refractivity contribution in [1.29, 1.82) is 0 Å². The van der Waals surface area contributed by atoms with Crippen molar-refractivity contribution in [3.63, 3.8) is 0 Å². The number of ether oxygens (including phenoxy) is 1. The average Bonchev–Trinajstić information content (AvgIpc) is 2.84. The van der Waals surface area contributed by atoms with Crippen LogP contribution in [0.5, 0.6) is 0 Å². The lowest BCUT2D eigenvalue weighted by molar-refractivity contribution is -0.0615. The van der Waals surface area contributed by atoms with E-state index in [0.29, 0.717) is 16.7 Å². The SMILES string of the molecule is CCCNc1nnc(C(=O)NC2CCOC(C)(C)C2)s1. The van der Waals surface area contributed by atoms with Gasteiger partial charge in [0.25, 0.3) is 5.91 Å². The van der Waals surface area contributed by atoms with Crippen LogP contribution in [0.3, 0.4) is 0 Å². The summed E-state index contributed by atoms with van der Waals surface area (Å²) in [6.07, 6.45) is 2.67. The third-order valence-corrected chi connectivity index (χ3v) is 4.06. The van der Waals surface area contributed by atoms with Crippen molar-refractivity contribution in [1.82, 2.24) is 15.5 Å². The van der Waals surface area contributed by atoms with Crippen molar-refractivity contribution in [3.05, 3.63) is 5.01 Å². The lowest BCUT2D eigenvalue weighted by atomic mass is 9.94. The Kier molecular flexibility index (Phi) is 4.93. The van der Waals surface area contributed by atoms with Gasteiger partial charge in [-0.15, -0.1) is 10.2 Å². The van der Waals surface area contributed by atoms with Gasteiger partial charge in [0.2, 0.25) is 10.1 Å². The Hall–Kier alpha value is -1.21. The highest BCUT2D eigenvalue weighted by molar-refractivity contribution is 7.17. The van der Waals surface area contributed by atoms with Crippen LogP contribution in [0.2, 0.25) is 0 Å². The Morgan fingerprint density at radius 2 is 2.30 bits per heavy atom. The first-order valence-corrected chi connectivity index (χ1v) is 7.84. The smallest absolute Gasteiger partial charge is 0.282 e. The number of carbonyl (C=O) groups excluding carboxylic acids is 1. The summed E-state index contributed by atoms with van der Waals surface area (Å²) in [4.78, 5) is 12.1. The maximum Gasteiger partial charge on any atom is 0.282 e. The van der Waals surface area contributed by atoms with Gasteiger partial charge in [-0.25, -0.2) is 0 Å². The van der Waals surface area contributed by atoms with Gasteiger partial charge in [-0.3, -0.25) is 4.79 Å². The van der Waals surface area contributed by atoms with Crippen LogP contribution in [0, 0.1) is 0 Å². The van der Waals surface area contributed by atoms with E-state index in [1.54, 1.807) is 0 Å². The summed E-state index contributed by atoms with van der Waals surface area (Å²) in [5.41, 5.74) is -0.175. The molecule has 1 saturated heterocycles. The maximum atomic E-state index is 12.1. The van der Waals surface area contributed by atoms with Crippen LogP contribution in [0.4, 0.5) is 5.13 Å². The quantitative estimate of drug-likeness (QED) is 0.870. The summed E-state index contributed by atoms with van der Waals surface area (Å²) in [7, 11) is 0. The molecule has 20 heavy (non-hydrogen) atoms. The zero-order valence-corrected chi connectivity index (χ0v) is 13.0. The second kappa shape index (κ2) is 6.49. The van der Waals surface area contributed by atoms with Gasteiger partial charge in [-0.1, -0.05) is 18.3 Å². The van der Waals surface area contributed by atoms with Crippen LogP contribution in [0.15, 0.2) is 0 Å². The van der Waals surface area contributed by atoms with Gasteiger partial charge in [-0.05, 0) is 33.1 Å². The summed E-state index contributed by atoms with van der Waals surface area (Å²) in [5.74, 6) is -0.144. The molecule has 2 rings (SSSR count). The molecule has 2 N–H and O–H groups in total. The molecule has 0 saturated carbocycles. The fourth-order valence-electron chi connectivity index (χ4n) is 2.22. The number of hydrogen-bond acceptors (Lipinski definition) is 6. The van der Waals surface area contributed by atoms with E-state index < -0.39 is 0 Å². The van der Waals surface area contributed by atoms with E-state index in [0.717, 1.165) is 25.8 Å². The van der Waals surface area contributed by atoms with E-state index in [1.165, 1.54) is 11.3 Å². The number of carbonyl (C=O) groups is 1. The van der Waals surface area contributed by atoms with Gasteiger partial charge in [0.15, 0.2) is 0 Å². The van der Waals surface area contributed by atoms with E-state index in [9.17, 15) is 4.79 Å². The first-order chi connectivity index (χ1) is 9.50. The summed E-state index contributed by atoms with van der Waals surface area (Å²) >= 11 is 1.29. The molecule has 1 amide bonds. The van der Waals surface area contributed by atoms with Crippen LogP contribution in [0.1, 0.15) is 49.8 Å². The van der Waals surface area contributed by atoms with Gasteiger partial charge < -0.3 is 15.4 Å². The molecule has 1 unspecified atom stereocenters. The molecule has 7 heteroatoms. The summed E-state index contributed by atoms with van der Waals surface area (Å²) in [6, 6.07) is 0.141. The molecule has 1 aromatic rings. The van der Waals surface area contributed by atoms with Gasteiger partial charge in [0.05, 0.1) is 5.60 Å². The molecule has 0 spiro atoms. The van der Waals surface area contributed by atoms with Crippen molar-refractivity contribution >= 4 is 22.4 Å². The zero-order chi connectivity index (χ0) is 14.6. The highest BCUT2D eigenvalue weighted by atomic mass is 32.1. The number of anilines is 1. The van der Waals surface area contributed by atoms with Crippen molar-refractivity contribution in [2.24, 2.45) is 0 Å². The zero-order valence-electron chi connectivity index (χ0n) is 12.2. The number of hydrogen-bond donors (Lipinski definition) is 2. The molecule has 0 aliphatic carbocycles. The fourth-order valence-corrected chi connectivity index (χ4v) is 2.89. The highest BCUT2D eigenvalue weighted by Gasteiger charge is 2.30. The third-order valence-electron chi connectivity index (χ3n) is 3.18. The van der Waals surface area contributed by atoms with Crippen LogP contribution in [-0.2, 0) is 4.74 Å². The molecule has 0 radical (unpaired) electrons. The minimum Gasteiger partial charge on any atom is -0.375 e. The van der Waals surface area contributed by atoms with Crippen LogP contribution < -0.4 is 10.6 Å². The molecule has 1 aliphatic rings. The average molecular weight is 298 g/mol. The second-order valence-electron chi connectivity index (χ2n) is 5.61. The predicted octanol–water partition coefficient (Wildman–Crippen LogP) is 2.05. The molecule has 2 heterocycles. The molecule has 1 atom stereocenters. The minimum absolute atomic E-state index is 0.141. The number of rotatable bonds is 5. The van der Waals surface area contributed by atoms with Crippen molar-refractivity contribution < 1.29 is 9.53 Å². The first kappa shape index (κ1) is 15.2. The summed E-state index contributed by atoms with van der Waals surface area (Å²) < 4.78 is 5.64. The second-order valence-corrected chi connectivity index (χ2v) is 6.59. The fraction of sp³-hybridized carbons (Fsp3) is 0.769. The molecule has 6 nitrogen and oxygen atoms in total. The maximum absolute atomic E-state index is 12.1. The van der Waals surface area contributed by atoms with Gasteiger partial charge in [0.1, 0.15) is 0 Å². The number of aromatic nitrogens is 2. The Bertz CT molecular complexity index is 461.